The maximum Gasteiger partial charge on any atom is 0.240 e. The van der Waals surface area contributed by atoms with Crippen molar-refractivity contribution in [2.45, 2.75) is 49.7 Å². The molecule has 8 heteroatoms. The van der Waals surface area contributed by atoms with E-state index in [9.17, 15) is 4.79 Å². The lowest BCUT2D eigenvalue weighted by molar-refractivity contribution is -0.130. The molecule has 2 aliphatic rings. The van der Waals surface area contributed by atoms with Crippen molar-refractivity contribution in [2.24, 2.45) is 5.73 Å². The smallest absolute Gasteiger partial charge is 0.240 e. The minimum Gasteiger partial charge on any atom is -0.381 e. The Morgan fingerprint density at radius 3 is 2.14 bits per heavy atom. The van der Waals surface area contributed by atoms with Crippen LogP contribution in [-0.2, 0) is 14.3 Å². The molecule has 2 aliphatic heterocycles. The Morgan fingerprint density at radius 1 is 1.04 bits per heavy atom. The average Bonchev–Trinajstić information content (AvgIpc) is 2.68. The first kappa shape index (κ1) is 25.1. The molecule has 2 heterocycles. The number of halogens is 2. The normalized spacial score (nSPS) is 21.5. The Hall–Kier alpha value is -0.890. The SMILES string of the molecule is CC(NC1(CNC(=O)C2(N)CCOCC2)CCOCC1)c1ccccc1.Cl.Cl. The molecular formula is C20H33Cl2N3O3. The Bertz CT molecular complexity index is 592. The summed E-state index contributed by atoms with van der Waals surface area (Å²) in [6.07, 6.45) is 2.88. The summed E-state index contributed by atoms with van der Waals surface area (Å²) in [7, 11) is 0. The van der Waals surface area contributed by atoms with Gasteiger partial charge in [0.1, 0.15) is 0 Å². The van der Waals surface area contributed by atoms with Crippen LogP contribution in [-0.4, -0.2) is 50.0 Å². The highest BCUT2D eigenvalue weighted by atomic mass is 35.5. The quantitative estimate of drug-likeness (QED) is 0.640. The van der Waals surface area contributed by atoms with Crippen LogP contribution in [0.3, 0.4) is 0 Å². The number of amides is 1. The summed E-state index contributed by atoms with van der Waals surface area (Å²) in [5, 5.41) is 6.88. The molecule has 0 saturated carbocycles. The molecule has 2 saturated heterocycles. The van der Waals surface area contributed by atoms with Crippen LogP contribution in [0, 0.1) is 0 Å². The van der Waals surface area contributed by atoms with Crippen LogP contribution < -0.4 is 16.4 Å². The van der Waals surface area contributed by atoms with E-state index in [1.54, 1.807) is 0 Å². The average molecular weight is 434 g/mol. The van der Waals surface area contributed by atoms with Crippen LogP contribution in [0.25, 0.3) is 0 Å². The molecule has 1 amide bonds. The monoisotopic (exact) mass is 433 g/mol. The van der Waals surface area contributed by atoms with Crippen molar-refractivity contribution in [2.75, 3.05) is 33.0 Å². The first-order valence-electron chi connectivity index (χ1n) is 9.58. The van der Waals surface area contributed by atoms with Crippen molar-refractivity contribution < 1.29 is 14.3 Å². The van der Waals surface area contributed by atoms with Crippen molar-refractivity contribution in [3.8, 4) is 0 Å². The fraction of sp³-hybridized carbons (Fsp3) is 0.650. The zero-order chi connectivity index (χ0) is 18.5. The molecule has 1 aromatic carbocycles. The topological polar surface area (TPSA) is 85.6 Å². The van der Waals surface area contributed by atoms with Gasteiger partial charge in [0.05, 0.1) is 5.54 Å². The Kier molecular flexibility index (Phi) is 10.2. The van der Waals surface area contributed by atoms with Gasteiger partial charge in [-0.1, -0.05) is 30.3 Å². The highest BCUT2D eigenvalue weighted by Crippen LogP contribution is 2.26. The summed E-state index contributed by atoms with van der Waals surface area (Å²) >= 11 is 0. The van der Waals surface area contributed by atoms with E-state index < -0.39 is 5.54 Å². The molecule has 6 nitrogen and oxygen atoms in total. The number of rotatable bonds is 6. The lowest BCUT2D eigenvalue weighted by atomic mass is 9.86. The fourth-order valence-electron chi connectivity index (χ4n) is 3.81. The maximum absolute atomic E-state index is 12.7. The Balaban J connectivity index is 0.00000196. The predicted molar refractivity (Wildman–Crippen MR) is 115 cm³/mol. The molecule has 4 N–H and O–H groups in total. The van der Waals surface area contributed by atoms with E-state index in [0.717, 1.165) is 12.8 Å². The maximum atomic E-state index is 12.7. The van der Waals surface area contributed by atoms with Gasteiger partial charge in [-0.3, -0.25) is 4.79 Å². The highest BCUT2D eigenvalue weighted by Gasteiger charge is 2.39. The fourth-order valence-corrected chi connectivity index (χ4v) is 3.81. The second kappa shape index (κ2) is 11.3. The number of nitrogens with two attached hydrogens (primary N) is 1. The lowest BCUT2D eigenvalue weighted by Crippen LogP contribution is -2.62. The zero-order valence-corrected chi connectivity index (χ0v) is 18.1. The number of benzene rings is 1. The molecule has 0 spiro atoms. The molecule has 0 radical (unpaired) electrons. The molecule has 0 bridgehead atoms. The first-order valence-corrected chi connectivity index (χ1v) is 9.58. The number of hydrogen-bond acceptors (Lipinski definition) is 5. The van der Waals surface area contributed by atoms with E-state index in [-0.39, 0.29) is 42.3 Å². The Labute approximate surface area is 180 Å². The minimum atomic E-state index is -0.810. The van der Waals surface area contributed by atoms with Crippen LogP contribution in [0.4, 0.5) is 0 Å². The van der Waals surface area contributed by atoms with Gasteiger partial charge >= 0.3 is 0 Å². The van der Waals surface area contributed by atoms with Crippen LogP contribution in [0.5, 0.6) is 0 Å². The summed E-state index contributed by atoms with van der Waals surface area (Å²) < 4.78 is 10.9. The van der Waals surface area contributed by atoms with Gasteiger partial charge in [0.2, 0.25) is 5.91 Å². The summed E-state index contributed by atoms with van der Waals surface area (Å²) in [4.78, 5) is 12.7. The third-order valence-electron chi connectivity index (χ3n) is 5.70. The van der Waals surface area contributed by atoms with E-state index in [4.69, 9.17) is 15.2 Å². The largest absolute Gasteiger partial charge is 0.381 e. The van der Waals surface area contributed by atoms with Crippen LogP contribution >= 0.6 is 24.8 Å². The van der Waals surface area contributed by atoms with Gasteiger partial charge in [-0.2, -0.15) is 0 Å². The summed E-state index contributed by atoms with van der Waals surface area (Å²) in [6, 6.07) is 10.6. The third kappa shape index (κ3) is 6.31. The molecular weight excluding hydrogens is 401 g/mol. The van der Waals surface area contributed by atoms with Crippen LogP contribution in [0.15, 0.2) is 30.3 Å². The highest BCUT2D eigenvalue weighted by molar-refractivity contribution is 5.86. The van der Waals surface area contributed by atoms with E-state index >= 15 is 0 Å². The Morgan fingerprint density at radius 2 is 1.57 bits per heavy atom. The van der Waals surface area contributed by atoms with Gasteiger partial charge in [0.15, 0.2) is 0 Å². The zero-order valence-electron chi connectivity index (χ0n) is 16.4. The van der Waals surface area contributed by atoms with E-state index in [1.165, 1.54) is 5.56 Å². The van der Waals surface area contributed by atoms with Gasteiger partial charge in [0.25, 0.3) is 0 Å². The molecule has 28 heavy (non-hydrogen) atoms. The molecule has 0 aromatic heterocycles. The van der Waals surface area contributed by atoms with Gasteiger partial charge in [-0.05, 0) is 38.2 Å². The van der Waals surface area contributed by atoms with Gasteiger partial charge in [0, 0.05) is 44.6 Å². The van der Waals surface area contributed by atoms with Crippen molar-refractivity contribution >= 4 is 30.7 Å². The van der Waals surface area contributed by atoms with Gasteiger partial charge < -0.3 is 25.8 Å². The number of carbonyl (C=O) groups excluding carboxylic acids is 1. The second-order valence-corrected chi connectivity index (χ2v) is 7.62. The summed E-state index contributed by atoms with van der Waals surface area (Å²) in [5.74, 6) is -0.0687. The van der Waals surface area contributed by atoms with Crippen molar-refractivity contribution in [1.29, 1.82) is 0 Å². The minimum absolute atomic E-state index is 0. The van der Waals surface area contributed by atoms with Crippen LogP contribution in [0.1, 0.15) is 44.2 Å². The number of nitrogens with one attached hydrogen (secondary N) is 2. The molecule has 2 fully saturated rings. The number of carbonyl (C=O) groups is 1. The van der Waals surface area contributed by atoms with E-state index in [1.807, 2.05) is 6.07 Å². The predicted octanol–water partition coefficient (Wildman–Crippen LogP) is 2.35. The summed E-state index contributed by atoms with van der Waals surface area (Å²) in [5.41, 5.74) is 6.57. The molecule has 0 aliphatic carbocycles. The van der Waals surface area contributed by atoms with Crippen molar-refractivity contribution in [1.82, 2.24) is 10.6 Å². The molecule has 160 valence electrons. The van der Waals surface area contributed by atoms with Gasteiger partial charge in [-0.25, -0.2) is 0 Å². The third-order valence-corrected chi connectivity index (χ3v) is 5.70. The van der Waals surface area contributed by atoms with Crippen molar-refractivity contribution in [3.05, 3.63) is 35.9 Å². The number of hydrogen-bond donors (Lipinski definition) is 3. The molecule has 1 atom stereocenters. The van der Waals surface area contributed by atoms with E-state index in [0.29, 0.717) is 45.8 Å². The first-order chi connectivity index (χ1) is 12.5. The standard InChI is InChI=1S/C20H31N3O3.2ClH/c1-16(17-5-3-2-4-6-17)23-19(7-11-25-12-8-19)15-22-18(24)20(21)9-13-26-14-10-20;;/h2-6,16,23H,7-15,21H2,1H3,(H,22,24);2*1H. The number of ether oxygens (including phenoxy) is 2. The van der Waals surface area contributed by atoms with Gasteiger partial charge in [-0.15, -0.1) is 24.8 Å². The van der Waals surface area contributed by atoms with E-state index in [2.05, 4.69) is 41.8 Å². The molecule has 3 rings (SSSR count). The summed E-state index contributed by atoms with van der Waals surface area (Å²) in [6.45, 7) is 5.22. The lowest BCUT2D eigenvalue weighted by Gasteiger charge is -2.41. The molecule has 1 aromatic rings. The second-order valence-electron chi connectivity index (χ2n) is 7.62. The van der Waals surface area contributed by atoms with Crippen molar-refractivity contribution in [3.63, 3.8) is 0 Å². The molecule has 1 unspecified atom stereocenters. The van der Waals surface area contributed by atoms with Crippen LogP contribution in [0.2, 0.25) is 0 Å².